The molecule has 4 nitrogen and oxygen atoms in total. The summed E-state index contributed by atoms with van der Waals surface area (Å²) in [6.07, 6.45) is 0. The van der Waals surface area contributed by atoms with Crippen molar-refractivity contribution in [3.8, 4) is 5.69 Å². The number of benzene rings is 1. The molecule has 0 amide bonds. The molecule has 2 aromatic rings. The summed E-state index contributed by atoms with van der Waals surface area (Å²) in [5.74, 6) is -1.73. The van der Waals surface area contributed by atoms with Gasteiger partial charge >= 0.3 is 5.97 Å². The van der Waals surface area contributed by atoms with Gasteiger partial charge in [-0.2, -0.15) is 5.10 Å². The number of para-hydroxylation sites is 1. The predicted molar refractivity (Wildman–Crippen MR) is 74.2 cm³/mol. The first kappa shape index (κ1) is 14.5. The van der Waals surface area contributed by atoms with Crippen LogP contribution in [0.5, 0.6) is 0 Å². The summed E-state index contributed by atoms with van der Waals surface area (Å²) >= 11 is 6.12. The van der Waals surface area contributed by atoms with Crippen LogP contribution in [0.4, 0.5) is 4.39 Å². The highest BCUT2D eigenvalue weighted by atomic mass is 35.5. The number of carbonyl (C=O) groups is 1. The first-order chi connectivity index (χ1) is 9.23. The van der Waals surface area contributed by atoms with E-state index in [4.69, 9.17) is 16.7 Å². The lowest BCUT2D eigenvalue weighted by atomic mass is 9.91. The van der Waals surface area contributed by atoms with E-state index in [1.165, 1.54) is 16.8 Å². The Morgan fingerprint density at radius 2 is 1.95 bits per heavy atom. The summed E-state index contributed by atoms with van der Waals surface area (Å²) in [5, 5.41) is 13.1. The van der Waals surface area contributed by atoms with Gasteiger partial charge in [0.25, 0.3) is 0 Å². The van der Waals surface area contributed by atoms with E-state index in [1.54, 1.807) is 12.1 Å². The van der Waals surface area contributed by atoms with Crippen molar-refractivity contribution in [1.29, 1.82) is 0 Å². The molecule has 0 aliphatic heterocycles. The Labute approximate surface area is 120 Å². The molecule has 1 aromatic carbocycles. The molecule has 0 saturated carbocycles. The van der Waals surface area contributed by atoms with Crippen molar-refractivity contribution < 1.29 is 14.3 Å². The van der Waals surface area contributed by atoms with Crippen LogP contribution < -0.4 is 0 Å². The van der Waals surface area contributed by atoms with Gasteiger partial charge in [0.05, 0.1) is 10.7 Å². The van der Waals surface area contributed by atoms with E-state index in [0.29, 0.717) is 5.69 Å². The van der Waals surface area contributed by atoms with Gasteiger partial charge in [0.1, 0.15) is 11.5 Å². The van der Waals surface area contributed by atoms with Gasteiger partial charge in [0.15, 0.2) is 5.69 Å². The van der Waals surface area contributed by atoms with Crippen LogP contribution in [0.3, 0.4) is 0 Å². The van der Waals surface area contributed by atoms with E-state index < -0.39 is 17.2 Å². The number of carboxylic acids is 1. The Bertz CT molecular complexity index is 674. The molecule has 0 radical (unpaired) electrons. The maximum Gasteiger partial charge on any atom is 0.358 e. The van der Waals surface area contributed by atoms with Crippen LogP contribution in [0.25, 0.3) is 5.69 Å². The van der Waals surface area contributed by atoms with Gasteiger partial charge in [-0.3, -0.25) is 0 Å². The van der Waals surface area contributed by atoms with Gasteiger partial charge in [-0.1, -0.05) is 44.5 Å². The van der Waals surface area contributed by atoms with E-state index in [9.17, 15) is 9.18 Å². The minimum absolute atomic E-state index is 0.0354. The van der Waals surface area contributed by atoms with Crippen molar-refractivity contribution in [3.63, 3.8) is 0 Å². The molecule has 0 spiro atoms. The van der Waals surface area contributed by atoms with Gasteiger partial charge in [-0.15, -0.1) is 0 Å². The topological polar surface area (TPSA) is 55.1 Å². The van der Waals surface area contributed by atoms with Crippen LogP contribution in [-0.2, 0) is 5.41 Å². The molecule has 6 heteroatoms. The first-order valence-corrected chi connectivity index (χ1v) is 6.38. The Morgan fingerprint density at radius 3 is 2.45 bits per heavy atom. The molecule has 1 aromatic heterocycles. The van der Waals surface area contributed by atoms with Gasteiger partial charge in [0.2, 0.25) is 0 Å². The van der Waals surface area contributed by atoms with Gasteiger partial charge in [-0.25, -0.2) is 13.9 Å². The van der Waals surface area contributed by atoms with Gasteiger partial charge in [0, 0.05) is 5.41 Å². The average Bonchev–Trinajstić information content (AvgIpc) is 2.67. The fourth-order valence-electron chi connectivity index (χ4n) is 1.98. The lowest BCUT2D eigenvalue weighted by Gasteiger charge is -2.21. The maximum absolute atomic E-state index is 13.9. The summed E-state index contributed by atoms with van der Waals surface area (Å²) in [4.78, 5) is 11.2. The quantitative estimate of drug-likeness (QED) is 0.920. The fourth-order valence-corrected chi connectivity index (χ4v) is 2.46. The van der Waals surface area contributed by atoms with Gasteiger partial charge < -0.3 is 5.11 Å². The zero-order valence-corrected chi connectivity index (χ0v) is 12.1. The minimum Gasteiger partial charge on any atom is -0.476 e. The molecule has 0 atom stereocenters. The Hall–Kier alpha value is -1.88. The molecule has 0 aliphatic rings. The lowest BCUT2D eigenvalue weighted by Crippen LogP contribution is -2.18. The third-order valence-electron chi connectivity index (χ3n) is 2.82. The molecule has 0 bridgehead atoms. The van der Waals surface area contributed by atoms with Crippen molar-refractivity contribution in [2.75, 3.05) is 0 Å². The SMILES string of the molecule is CC(C)(C)c1c(Cl)c(C(=O)O)nn1-c1ccccc1F. The maximum atomic E-state index is 13.9. The summed E-state index contributed by atoms with van der Waals surface area (Å²) < 4.78 is 15.2. The Morgan fingerprint density at radius 1 is 1.35 bits per heavy atom. The van der Waals surface area contributed by atoms with Crippen molar-refractivity contribution in [3.05, 3.63) is 46.5 Å². The van der Waals surface area contributed by atoms with Crippen molar-refractivity contribution in [2.24, 2.45) is 0 Å². The third kappa shape index (κ3) is 2.41. The van der Waals surface area contributed by atoms with Crippen LogP contribution in [0.15, 0.2) is 24.3 Å². The molecular formula is C14H14ClFN2O2. The van der Waals surface area contributed by atoms with E-state index in [1.807, 2.05) is 20.8 Å². The molecule has 0 aliphatic carbocycles. The molecule has 2 rings (SSSR count). The highest BCUT2D eigenvalue weighted by Gasteiger charge is 2.30. The number of rotatable bonds is 2. The molecular weight excluding hydrogens is 283 g/mol. The molecule has 0 fully saturated rings. The number of nitrogens with zero attached hydrogens (tertiary/aromatic N) is 2. The number of aromatic carboxylic acids is 1. The monoisotopic (exact) mass is 296 g/mol. The summed E-state index contributed by atoms with van der Waals surface area (Å²) in [7, 11) is 0. The van der Waals surface area contributed by atoms with Crippen LogP contribution >= 0.6 is 11.6 Å². The second kappa shape index (κ2) is 4.90. The summed E-state index contributed by atoms with van der Waals surface area (Å²) in [6.45, 7) is 5.58. The van der Waals surface area contributed by atoms with Crippen LogP contribution in [0.1, 0.15) is 37.0 Å². The average molecular weight is 297 g/mol. The Kier molecular flexibility index (Phi) is 3.56. The van der Waals surface area contributed by atoms with Gasteiger partial charge in [-0.05, 0) is 12.1 Å². The molecule has 1 N–H and O–H groups in total. The lowest BCUT2D eigenvalue weighted by molar-refractivity contribution is 0.0690. The highest BCUT2D eigenvalue weighted by Crippen LogP contribution is 2.34. The number of hydrogen-bond donors (Lipinski definition) is 1. The molecule has 20 heavy (non-hydrogen) atoms. The van der Waals surface area contributed by atoms with Crippen LogP contribution in [-0.4, -0.2) is 20.9 Å². The number of carboxylic acid groups (broad SMARTS) is 1. The second-order valence-corrected chi connectivity index (χ2v) is 5.81. The predicted octanol–water partition coefficient (Wildman–Crippen LogP) is 3.66. The largest absolute Gasteiger partial charge is 0.476 e. The van der Waals surface area contributed by atoms with E-state index >= 15 is 0 Å². The Balaban J connectivity index is 2.80. The van der Waals surface area contributed by atoms with Crippen LogP contribution in [0, 0.1) is 5.82 Å². The zero-order chi connectivity index (χ0) is 15.1. The third-order valence-corrected chi connectivity index (χ3v) is 3.18. The zero-order valence-electron chi connectivity index (χ0n) is 11.3. The number of aromatic nitrogens is 2. The molecule has 106 valence electrons. The van der Waals surface area contributed by atoms with Crippen LogP contribution in [0.2, 0.25) is 5.02 Å². The number of hydrogen-bond acceptors (Lipinski definition) is 2. The first-order valence-electron chi connectivity index (χ1n) is 6.00. The summed E-state index contributed by atoms with van der Waals surface area (Å²) in [6, 6.07) is 6.02. The standard InChI is InChI=1S/C14H14ClFN2O2/c1-14(2,3)12-10(15)11(13(19)20)17-18(12)9-7-5-4-6-8(9)16/h4-7H,1-3H3,(H,19,20). The molecule has 0 saturated heterocycles. The van der Waals surface area contributed by atoms with E-state index in [-0.39, 0.29) is 16.4 Å². The van der Waals surface area contributed by atoms with E-state index in [2.05, 4.69) is 5.10 Å². The van der Waals surface area contributed by atoms with Crippen molar-refractivity contribution in [1.82, 2.24) is 9.78 Å². The number of halogens is 2. The van der Waals surface area contributed by atoms with Crippen molar-refractivity contribution >= 4 is 17.6 Å². The summed E-state index contributed by atoms with van der Waals surface area (Å²) in [5.41, 5.74) is -0.131. The smallest absolute Gasteiger partial charge is 0.358 e. The second-order valence-electron chi connectivity index (χ2n) is 5.43. The minimum atomic E-state index is -1.24. The fraction of sp³-hybridized carbons (Fsp3) is 0.286. The van der Waals surface area contributed by atoms with E-state index in [0.717, 1.165) is 0 Å². The van der Waals surface area contributed by atoms with Crippen molar-refractivity contribution in [2.45, 2.75) is 26.2 Å². The highest BCUT2D eigenvalue weighted by molar-refractivity contribution is 6.34. The molecule has 0 unspecified atom stereocenters. The normalized spacial score (nSPS) is 11.7. The molecule has 1 heterocycles.